The smallest absolute Gasteiger partial charge is 0.319 e. The van der Waals surface area contributed by atoms with E-state index in [4.69, 9.17) is 21.1 Å². The zero-order valence-corrected chi connectivity index (χ0v) is 14.0. The molecule has 23 heavy (non-hydrogen) atoms. The lowest BCUT2D eigenvalue weighted by Crippen LogP contribution is -2.28. The van der Waals surface area contributed by atoms with Crippen LogP contribution < -0.4 is 20.1 Å². The van der Waals surface area contributed by atoms with Gasteiger partial charge in [0.25, 0.3) is 0 Å². The second-order valence-electron chi connectivity index (χ2n) is 4.96. The third-order valence-electron chi connectivity index (χ3n) is 3.34. The number of amides is 2. The van der Waals surface area contributed by atoms with E-state index in [2.05, 4.69) is 10.6 Å². The fourth-order valence-corrected chi connectivity index (χ4v) is 2.18. The van der Waals surface area contributed by atoms with E-state index < -0.39 is 0 Å². The first kappa shape index (κ1) is 17.0. The first-order chi connectivity index (χ1) is 11.0. The van der Waals surface area contributed by atoms with Gasteiger partial charge in [-0.1, -0.05) is 23.7 Å². The van der Waals surface area contributed by atoms with Crippen LogP contribution >= 0.6 is 11.6 Å². The van der Waals surface area contributed by atoms with Gasteiger partial charge in [0, 0.05) is 17.6 Å². The highest BCUT2D eigenvalue weighted by Crippen LogP contribution is 2.30. The minimum absolute atomic E-state index is 0.319. The lowest BCUT2D eigenvalue weighted by molar-refractivity contribution is 0.251. The van der Waals surface area contributed by atoms with Crippen LogP contribution in [0, 0.1) is 6.92 Å². The van der Waals surface area contributed by atoms with Gasteiger partial charge in [0.15, 0.2) is 0 Å². The number of anilines is 1. The van der Waals surface area contributed by atoms with Gasteiger partial charge in [-0.15, -0.1) is 0 Å². The van der Waals surface area contributed by atoms with E-state index in [0.29, 0.717) is 23.0 Å². The van der Waals surface area contributed by atoms with Gasteiger partial charge in [0.2, 0.25) is 0 Å². The molecule has 0 spiro atoms. The number of aryl methyl sites for hydroxylation is 1. The summed E-state index contributed by atoms with van der Waals surface area (Å²) in [6, 6.07) is 10.6. The Hall–Kier alpha value is -2.40. The van der Waals surface area contributed by atoms with E-state index in [-0.39, 0.29) is 6.03 Å². The van der Waals surface area contributed by atoms with Crippen molar-refractivity contribution in [3.63, 3.8) is 0 Å². The molecule has 2 aromatic carbocycles. The average Bonchev–Trinajstić information content (AvgIpc) is 2.56. The molecular weight excluding hydrogens is 316 g/mol. The maximum absolute atomic E-state index is 12.0. The molecule has 2 N–H and O–H groups in total. The molecule has 2 amide bonds. The summed E-state index contributed by atoms with van der Waals surface area (Å²) in [5.74, 6) is 1.29. The molecule has 0 unspecified atom stereocenters. The van der Waals surface area contributed by atoms with Crippen molar-refractivity contribution in [2.24, 2.45) is 0 Å². The minimum Gasteiger partial charge on any atom is -0.497 e. The van der Waals surface area contributed by atoms with Gasteiger partial charge in [-0.05, 0) is 36.2 Å². The van der Waals surface area contributed by atoms with E-state index in [1.165, 1.54) is 7.11 Å². The molecule has 0 aliphatic heterocycles. The lowest BCUT2D eigenvalue weighted by atomic mass is 10.2. The summed E-state index contributed by atoms with van der Waals surface area (Å²) in [5, 5.41) is 6.14. The number of halogens is 1. The highest BCUT2D eigenvalue weighted by molar-refractivity contribution is 6.31. The molecular formula is C17H19ClN2O3. The Morgan fingerprint density at radius 2 is 1.83 bits per heavy atom. The van der Waals surface area contributed by atoms with E-state index in [1.54, 1.807) is 19.2 Å². The molecule has 6 heteroatoms. The van der Waals surface area contributed by atoms with Crippen molar-refractivity contribution in [1.82, 2.24) is 5.32 Å². The standard InChI is InChI=1S/C17H19ClN2O3/c1-11-8-15(16(23-3)9-14(11)18)20-17(21)19-10-12-4-6-13(22-2)7-5-12/h4-9H,10H2,1-3H3,(H2,19,20,21). The van der Waals surface area contributed by atoms with Crippen LogP contribution in [0.3, 0.4) is 0 Å². The Morgan fingerprint density at radius 3 is 2.43 bits per heavy atom. The van der Waals surface area contributed by atoms with E-state index in [1.807, 2.05) is 31.2 Å². The summed E-state index contributed by atoms with van der Waals surface area (Å²) < 4.78 is 10.3. The summed E-state index contributed by atoms with van der Waals surface area (Å²) in [4.78, 5) is 12.0. The third-order valence-corrected chi connectivity index (χ3v) is 3.75. The number of nitrogens with one attached hydrogen (secondary N) is 2. The average molecular weight is 335 g/mol. The van der Waals surface area contributed by atoms with E-state index >= 15 is 0 Å². The summed E-state index contributed by atoms with van der Waals surface area (Å²) in [7, 11) is 3.14. The number of urea groups is 1. The SMILES string of the molecule is COc1ccc(CNC(=O)Nc2cc(C)c(Cl)cc2OC)cc1. The maximum atomic E-state index is 12.0. The van der Waals surface area contributed by atoms with Crippen molar-refractivity contribution in [2.75, 3.05) is 19.5 Å². The number of hydrogen-bond donors (Lipinski definition) is 2. The van der Waals surface area contributed by atoms with Gasteiger partial charge in [0.05, 0.1) is 19.9 Å². The Balaban J connectivity index is 1.98. The molecule has 0 atom stereocenters. The highest BCUT2D eigenvalue weighted by atomic mass is 35.5. The largest absolute Gasteiger partial charge is 0.497 e. The van der Waals surface area contributed by atoms with Crippen molar-refractivity contribution in [3.8, 4) is 11.5 Å². The second-order valence-corrected chi connectivity index (χ2v) is 5.36. The fraction of sp³-hybridized carbons (Fsp3) is 0.235. The topological polar surface area (TPSA) is 59.6 Å². The number of carbonyl (C=O) groups is 1. The Bertz CT molecular complexity index is 687. The van der Waals surface area contributed by atoms with Gasteiger partial charge >= 0.3 is 6.03 Å². The fourth-order valence-electron chi connectivity index (χ4n) is 2.02. The molecule has 2 aromatic rings. The van der Waals surface area contributed by atoms with Crippen LogP contribution in [0.1, 0.15) is 11.1 Å². The second kappa shape index (κ2) is 7.74. The van der Waals surface area contributed by atoms with Gasteiger partial charge < -0.3 is 20.1 Å². The first-order valence-corrected chi connectivity index (χ1v) is 7.43. The number of benzene rings is 2. The highest BCUT2D eigenvalue weighted by Gasteiger charge is 2.10. The van der Waals surface area contributed by atoms with E-state index in [0.717, 1.165) is 16.9 Å². The Labute approximate surface area is 140 Å². The monoisotopic (exact) mass is 334 g/mol. The van der Waals surface area contributed by atoms with Gasteiger partial charge in [-0.3, -0.25) is 0 Å². The minimum atomic E-state index is -0.319. The normalized spacial score (nSPS) is 10.1. The van der Waals surface area contributed by atoms with Crippen LogP contribution in [0.2, 0.25) is 5.02 Å². The Kier molecular flexibility index (Phi) is 5.71. The molecule has 5 nitrogen and oxygen atoms in total. The van der Waals surface area contributed by atoms with Crippen molar-refractivity contribution in [1.29, 1.82) is 0 Å². The quantitative estimate of drug-likeness (QED) is 0.869. The number of carbonyl (C=O) groups excluding carboxylic acids is 1. The molecule has 0 aliphatic rings. The molecule has 0 aromatic heterocycles. The van der Waals surface area contributed by atoms with Gasteiger partial charge in [-0.25, -0.2) is 4.79 Å². The van der Waals surface area contributed by atoms with E-state index in [9.17, 15) is 4.79 Å². The van der Waals surface area contributed by atoms with Crippen LogP contribution in [0.5, 0.6) is 11.5 Å². The Morgan fingerprint density at radius 1 is 1.13 bits per heavy atom. The predicted octanol–water partition coefficient (Wildman–Crippen LogP) is 3.99. The number of rotatable bonds is 5. The molecule has 2 rings (SSSR count). The van der Waals surface area contributed by atoms with Crippen molar-refractivity contribution in [2.45, 2.75) is 13.5 Å². The summed E-state index contributed by atoms with van der Waals surface area (Å²) in [6.07, 6.45) is 0. The zero-order valence-electron chi connectivity index (χ0n) is 13.3. The molecule has 0 aliphatic carbocycles. The lowest BCUT2D eigenvalue weighted by Gasteiger charge is -2.13. The van der Waals surface area contributed by atoms with Crippen molar-refractivity contribution < 1.29 is 14.3 Å². The van der Waals surface area contributed by atoms with Gasteiger partial charge in [0.1, 0.15) is 11.5 Å². The predicted molar refractivity (Wildman–Crippen MR) is 91.6 cm³/mol. The summed E-state index contributed by atoms with van der Waals surface area (Å²) in [5.41, 5.74) is 2.40. The summed E-state index contributed by atoms with van der Waals surface area (Å²) >= 11 is 6.05. The van der Waals surface area contributed by atoms with Crippen molar-refractivity contribution >= 4 is 23.3 Å². The number of ether oxygens (including phenoxy) is 2. The van der Waals surface area contributed by atoms with Gasteiger partial charge in [-0.2, -0.15) is 0 Å². The number of hydrogen-bond acceptors (Lipinski definition) is 3. The molecule has 0 fully saturated rings. The maximum Gasteiger partial charge on any atom is 0.319 e. The third kappa shape index (κ3) is 4.53. The molecule has 0 saturated heterocycles. The van der Waals surface area contributed by atoms with Crippen LogP contribution in [0.4, 0.5) is 10.5 Å². The summed E-state index contributed by atoms with van der Waals surface area (Å²) in [6.45, 7) is 2.27. The van der Waals surface area contributed by atoms with Crippen LogP contribution in [-0.4, -0.2) is 20.3 Å². The molecule has 0 bridgehead atoms. The molecule has 0 heterocycles. The van der Waals surface area contributed by atoms with Crippen LogP contribution in [0.15, 0.2) is 36.4 Å². The molecule has 0 radical (unpaired) electrons. The zero-order chi connectivity index (χ0) is 16.8. The van der Waals surface area contributed by atoms with Crippen molar-refractivity contribution in [3.05, 3.63) is 52.5 Å². The number of methoxy groups -OCH3 is 2. The first-order valence-electron chi connectivity index (χ1n) is 7.05. The van der Waals surface area contributed by atoms with Crippen LogP contribution in [-0.2, 0) is 6.54 Å². The van der Waals surface area contributed by atoms with Crippen LogP contribution in [0.25, 0.3) is 0 Å². The molecule has 0 saturated carbocycles. The molecule has 122 valence electrons.